The van der Waals surface area contributed by atoms with Crippen LogP contribution in [0, 0.1) is 10.1 Å². The number of benzene rings is 2. The Morgan fingerprint density at radius 2 is 1.97 bits per heavy atom. The third kappa shape index (κ3) is 3.41. The molecule has 0 saturated heterocycles. The summed E-state index contributed by atoms with van der Waals surface area (Å²) in [4.78, 5) is 49.1. The molecule has 2 aromatic carbocycles. The first-order chi connectivity index (χ1) is 14.8. The summed E-state index contributed by atoms with van der Waals surface area (Å²) in [5.74, 6) is -1.63. The lowest BCUT2D eigenvalue weighted by Crippen LogP contribution is -2.45. The Morgan fingerprint density at radius 3 is 2.68 bits per heavy atom. The zero-order valence-electron chi connectivity index (χ0n) is 16.2. The van der Waals surface area contributed by atoms with Gasteiger partial charge in [0.1, 0.15) is 0 Å². The molecule has 158 valence electrons. The number of hydrazine groups is 1. The van der Waals surface area contributed by atoms with Crippen molar-refractivity contribution in [1.29, 1.82) is 0 Å². The second-order valence-corrected chi connectivity index (χ2v) is 7.01. The summed E-state index contributed by atoms with van der Waals surface area (Å²) in [6.07, 6.45) is 0. The van der Waals surface area contributed by atoms with Crippen LogP contribution < -0.4 is 10.7 Å². The van der Waals surface area contributed by atoms with E-state index in [4.69, 9.17) is 0 Å². The molecular formula is C20H17N5O6. The van der Waals surface area contributed by atoms with Crippen molar-refractivity contribution in [2.24, 2.45) is 0 Å². The highest BCUT2D eigenvalue weighted by molar-refractivity contribution is 6.02. The molecule has 0 saturated carbocycles. The second kappa shape index (κ2) is 7.44. The molecule has 0 aromatic heterocycles. The fourth-order valence-electron chi connectivity index (χ4n) is 3.64. The molecule has 2 aliphatic heterocycles. The van der Waals surface area contributed by atoms with Crippen LogP contribution >= 0.6 is 0 Å². The van der Waals surface area contributed by atoms with E-state index in [0.717, 1.165) is 0 Å². The lowest BCUT2D eigenvalue weighted by atomic mass is 9.95. The molecular weight excluding hydrogens is 406 g/mol. The zero-order valence-corrected chi connectivity index (χ0v) is 16.2. The monoisotopic (exact) mass is 423 g/mol. The molecule has 11 heteroatoms. The van der Waals surface area contributed by atoms with Crippen LogP contribution in [0.5, 0.6) is 0 Å². The molecule has 4 rings (SSSR count). The minimum Gasteiger partial charge on any atom is -0.478 e. The van der Waals surface area contributed by atoms with Gasteiger partial charge in [0.05, 0.1) is 40.0 Å². The Kier molecular flexibility index (Phi) is 4.78. The Balaban J connectivity index is 1.70. The van der Waals surface area contributed by atoms with E-state index in [1.54, 1.807) is 18.2 Å². The Bertz CT molecular complexity index is 1160. The maximum Gasteiger partial charge on any atom is 0.337 e. The predicted octanol–water partition coefficient (Wildman–Crippen LogP) is 2.11. The lowest BCUT2D eigenvalue weighted by molar-refractivity contribution is -0.384. The van der Waals surface area contributed by atoms with Crippen LogP contribution in [0.15, 0.2) is 59.8 Å². The number of aromatic carboxylic acids is 1. The third-order valence-electron chi connectivity index (χ3n) is 5.19. The average Bonchev–Trinajstić information content (AvgIpc) is 3.07. The van der Waals surface area contributed by atoms with Gasteiger partial charge in [0.2, 0.25) is 0 Å². The standard InChI is InChI=1S/C20H17N5O6/c1-23-15-10-24(22-14-8-3-2-7-13(14)19(27)28)18(26)16(15)17(21-20(23)29)11-5-4-6-12(9-11)25(30)31/h2-9,17,22H,10H2,1H3,(H,21,29)(H,27,28)/t17-/m0/s1. The summed E-state index contributed by atoms with van der Waals surface area (Å²) in [6.45, 7) is 0.0114. The van der Waals surface area contributed by atoms with E-state index in [-0.39, 0.29) is 29.1 Å². The number of nitro groups is 1. The smallest absolute Gasteiger partial charge is 0.337 e. The van der Waals surface area contributed by atoms with Gasteiger partial charge in [0.15, 0.2) is 0 Å². The van der Waals surface area contributed by atoms with Gasteiger partial charge in [-0.15, -0.1) is 0 Å². The molecule has 11 nitrogen and oxygen atoms in total. The van der Waals surface area contributed by atoms with E-state index in [2.05, 4.69) is 10.7 Å². The molecule has 0 aliphatic carbocycles. The van der Waals surface area contributed by atoms with Crippen LogP contribution in [0.1, 0.15) is 22.0 Å². The summed E-state index contributed by atoms with van der Waals surface area (Å²) in [6, 6.07) is 10.5. The van der Waals surface area contributed by atoms with Gasteiger partial charge in [0, 0.05) is 19.2 Å². The van der Waals surface area contributed by atoms with Gasteiger partial charge in [-0.2, -0.15) is 0 Å². The minimum absolute atomic E-state index is 0.0114. The van der Waals surface area contributed by atoms with E-state index < -0.39 is 28.9 Å². The zero-order chi connectivity index (χ0) is 22.3. The number of para-hydroxylation sites is 1. The summed E-state index contributed by atoms with van der Waals surface area (Å²) in [7, 11) is 1.51. The number of nitro benzene ring substituents is 1. The van der Waals surface area contributed by atoms with E-state index in [1.807, 2.05) is 0 Å². The number of nitrogens with zero attached hydrogens (tertiary/aromatic N) is 3. The minimum atomic E-state index is -1.16. The van der Waals surface area contributed by atoms with Crippen molar-refractivity contribution in [3.63, 3.8) is 0 Å². The first-order valence-electron chi connectivity index (χ1n) is 9.20. The van der Waals surface area contributed by atoms with Crippen LogP contribution in [0.2, 0.25) is 0 Å². The highest BCUT2D eigenvalue weighted by Gasteiger charge is 2.43. The van der Waals surface area contributed by atoms with Crippen LogP contribution in [-0.4, -0.2) is 51.4 Å². The van der Waals surface area contributed by atoms with Crippen LogP contribution in [-0.2, 0) is 4.79 Å². The second-order valence-electron chi connectivity index (χ2n) is 7.01. The molecule has 3 amide bonds. The number of nitrogens with one attached hydrogen (secondary N) is 2. The number of likely N-dealkylation sites (N-methyl/N-ethyl adjacent to an activating group) is 1. The number of non-ortho nitro benzene ring substituents is 1. The highest BCUT2D eigenvalue weighted by atomic mass is 16.6. The molecule has 2 aliphatic rings. The van der Waals surface area contributed by atoms with Crippen molar-refractivity contribution < 1.29 is 24.4 Å². The molecule has 31 heavy (non-hydrogen) atoms. The fourth-order valence-corrected chi connectivity index (χ4v) is 3.64. The number of amides is 3. The summed E-state index contributed by atoms with van der Waals surface area (Å²) in [5.41, 5.74) is 3.93. The number of carboxylic acid groups (broad SMARTS) is 1. The van der Waals surface area contributed by atoms with Gasteiger partial charge in [-0.1, -0.05) is 24.3 Å². The van der Waals surface area contributed by atoms with Gasteiger partial charge in [-0.05, 0) is 17.7 Å². The third-order valence-corrected chi connectivity index (χ3v) is 5.19. The first-order valence-corrected chi connectivity index (χ1v) is 9.20. The van der Waals surface area contributed by atoms with Crippen LogP contribution in [0.25, 0.3) is 0 Å². The Labute approximate surface area is 175 Å². The number of carboxylic acids is 1. The first kappa shape index (κ1) is 19.9. The van der Waals surface area contributed by atoms with E-state index in [1.165, 1.54) is 47.3 Å². The van der Waals surface area contributed by atoms with E-state index in [9.17, 15) is 29.6 Å². The summed E-state index contributed by atoms with van der Waals surface area (Å²) in [5, 5.41) is 24.4. The lowest BCUT2D eigenvalue weighted by Gasteiger charge is -2.30. The molecule has 0 radical (unpaired) electrons. The van der Waals surface area contributed by atoms with Gasteiger partial charge in [-0.3, -0.25) is 25.2 Å². The van der Waals surface area contributed by atoms with Crippen molar-refractivity contribution in [2.45, 2.75) is 6.04 Å². The van der Waals surface area contributed by atoms with Crippen molar-refractivity contribution in [3.8, 4) is 0 Å². The normalized spacial score (nSPS) is 18.0. The van der Waals surface area contributed by atoms with Crippen LogP contribution in [0.3, 0.4) is 0 Å². The molecule has 0 fully saturated rings. The largest absolute Gasteiger partial charge is 0.478 e. The maximum absolute atomic E-state index is 13.2. The average molecular weight is 423 g/mol. The number of carbonyl (C=O) groups is 3. The molecule has 2 heterocycles. The number of hydrogen-bond donors (Lipinski definition) is 3. The van der Waals surface area contributed by atoms with Crippen molar-refractivity contribution in [1.82, 2.24) is 15.2 Å². The van der Waals surface area contributed by atoms with Crippen molar-refractivity contribution in [3.05, 3.63) is 81.0 Å². The predicted molar refractivity (Wildman–Crippen MR) is 108 cm³/mol. The van der Waals surface area contributed by atoms with Crippen molar-refractivity contribution in [2.75, 3.05) is 19.0 Å². The SMILES string of the molecule is CN1C(=O)N[C@@H](c2cccc([N+](=O)[O-])c2)C2=C1CN(Nc1ccccc1C(=O)O)C2=O. The van der Waals surface area contributed by atoms with Gasteiger partial charge < -0.3 is 10.4 Å². The van der Waals surface area contributed by atoms with E-state index >= 15 is 0 Å². The number of hydrogen-bond acceptors (Lipinski definition) is 6. The molecule has 0 bridgehead atoms. The molecule has 1 atom stereocenters. The Hall–Kier alpha value is -4.41. The summed E-state index contributed by atoms with van der Waals surface area (Å²) < 4.78 is 0. The van der Waals surface area contributed by atoms with E-state index in [0.29, 0.717) is 11.3 Å². The number of rotatable bonds is 5. The number of urea groups is 1. The summed E-state index contributed by atoms with van der Waals surface area (Å²) >= 11 is 0. The molecule has 2 aromatic rings. The number of carbonyl (C=O) groups excluding carboxylic acids is 2. The topological polar surface area (TPSA) is 145 Å². The molecule has 3 N–H and O–H groups in total. The fraction of sp³-hybridized carbons (Fsp3) is 0.150. The van der Waals surface area contributed by atoms with Gasteiger partial charge in [-0.25, -0.2) is 14.6 Å². The van der Waals surface area contributed by atoms with Crippen molar-refractivity contribution >= 4 is 29.3 Å². The molecule has 0 unspecified atom stereocenters. The highest BCUT2D eigenvalue weighted by Crippen LogP contribution is 2.36. The van der Waals surface area contributed by atoms with Crippen LogP contribution in [0.4, 0.5) is 16.2 Å². The number of anilines is 1. The molecule has 0 spiro atoms. The van der Waals surface area contributed by atoms with Gasteiger partial charge >= 0.3 is 12.0 Å². The quantitative estimate of drug-likeness (QED) is 0.493. The maximum atomic E-state index is 13.2. The van der Waals surface area contributed by atoms with Gasteiger partial charge in [0.25, 0.3) is 11.6 Å². The Morgan fingerprint density at radius 1 is 1.23 bits per heavy atom.